The van der Waals surface area contributed by atoms with Gasteiger partial charge in [-0.3, -0.25) is 0 Å². The van der Waals surface area contributed by atoms with Crippen molar-refractivity contribution in [2.45, 2.75) is 38.0 Å². The van der Waals surface area contributed by atoms with Gasteiger partial charge in [-0.05, 0) is 55.2 Å². The molecule has 1 aliphatic carbocycles. The van der Waals surface area contributed by atoms with Gasteiger partial charge >= 0.3 is 5.97 Å². The zero-order valence-corrected chi connectivity index (χ0v) is 11.4. The van der Waals surface area contributed by atoms with E-state index in [-0.39, 0.29) is 0 Å². The molecule has 0 spiro atoms. The largest absolute Gasteiger partial charge is 0.477 e. The van der Waals surface area contributed by atoms with Crippen LogP contribution in [0.5, 0.6) is 0 Å². The molecule has 20 heavy (non-hydrogen) atoms. The Bertz CT molecular complexity index is 601. The average molecular weight is 269 g/mol. The number of aromatic nitrogens is 1. The first-order valence-corrected chi connectivity index (χ1v) is 7.23. The van der Waals surface area contributed by atoms with Crippen LogP contribution in [0.1, 0.15) is 52.5 Å². The molecule has 104 valence electrons. The second-order valence-corrected chi connectivity index (χ2v) is 5.54. The van der Waals surface area contributed by atoms with E-state index in [1.807, 2.05) is 12.1 Å². The maximum absolute atomic E-state index is 11.0. The molecular formula is C17H19NO2. The standard InChI is InChI=1S/C17H19NO2/c19-17(20)16-11-14-13(9-10-15(14)18-16)8-4-7-12-5-2-1-3-6-12/h1-3,5-6,11,13,18H,4,7-10H2,(H,19,20). The summed E-state index contributed by atoms with van der Waals surface area (Å²) in [6.45, 7) is 0. The summed E-state index contributed by atoms with van der Waals surface area (Å²) in [7, 11) is 0. The lowest BCUT2D eigenvalue weighted by atomic mass is 9.95. The third-order valence-electron chi connectivity index (χ3n) is 4.21. The number of hydrogen-bond acceptors (Lipinski definition) is 1. The fourth-order valence-electron chi connectivity index (χ4n) is 3.17. The lowest BCUT2D eigenvalue weighted by Crippen LogP contribution is -1.98. The van der Waals surface area contributed by atoms with Crippen LogP contribution < -0.4 is 0 Å². The monoisotopic (exact) mass is 269 g/mol. The van der Waals surface area contributed by atoms with E-state index in [0.29, 0.717) is 11.6 Å². The van der Waals surface area contributed by atoms with Gasteiger partial charge in [-0.2, -0.15) is 0 Å². The van der Waals surface area contributed by atoms with Crippen molar-refractivity contribution in [1.29, 1.82) is 0 Å². The fourth-order valence-corrected chi connectivity index (χ4v) is 3.17. The number of aryl methyl sites for hydroxylation is 2. The molecule has 1 unspecified atom stereocenters. The SMILES string of the molecule is O=C(O)c1cc2c([nH]1)CCC2CCCc1ccccc1. The van der Waals surface area contributed by atoms with E-state index in [1.54, 1.807) is 0 Å². The van der Waals surface area contributed by atoms with Gasteiger partial charge in [0, 0.05) is 5.69 Å². The molecule has 1 aromatic carbocycles. The smallest absolute Gasteiger partial charge is 0.352 e. The summed E-state index contributed by atoms with van der Waals surface area (Å²) in [6, 6.07) is 12.4. The number of benzene rings is 1. The quantitative estimate of drug-likeness (QED) is 0.868. The molecule has 0 fully saturated rings. The summed E-state index contributed by atoms with van der Waals surface area (Å²) in [6.07, 6.45) is 5.53. The van der Waals surface area contributed by atoms with Gasteiger partial charge in [0.05, 0.1) is 0 Å². The summed E-state index contributed by atoms with van der Waals surface area (Å²) >= 11 is 0. The second-order valence-electron chi connectivity index (χ2n) is 5.54. The third-order valence-corrected chi connectivity index (χ3v) is 4.21. The van der Waals surface area contributed by atoms with Gasteiger partial charge in [0.1, 0.15) is 5.69 Å². The summed E-state index contributed by atoms with van der Waals surface area (Å²) < 4.78 is 0. The Labute approximate surface area is 118 Å². The minimum Gasteiger partial charge on any atom is -0.477 e. The number of H-pyrrole nitrogens is 1. The minimum atomic E-state index is -0.859. The van der Waals surface area contributed by atoms with Crippen molar-refractivity contribution < 1.29 is 9.90 Å². The Balaban J connectivity index is 1.59. The Hall–Kier alpha value is -2.03. The number of carboxylic acid groups (broad SMARTS) is 1. The van der Waals surface area contributed by atoms with Gasteiger partial charge in [0.15, 0.2) is 0 Å². The van der Waals surface area contributed by atoms with E-state index in [2.05, 4.69) is 29.2 Å². The van der Waals surface area contributed by atoms with Crippen molar-refractivity contribution in [3.63, 3.8) is 0 Å². The average Bonchev–Trinajstić information content (AvgIpc) is 3.01. The van der Waals surface area contributed by atoms with Crippen LogP contribution in [0.15, 0.2) is 36.4 Å². The Morgan fingerprint density at radius 3 is 2.85 bits per heavy atom. The van der Waals surface area contributed by atoms with Crippen molar-refractivity contribution >= 4 is 5.97 Å². The molecular weight excluding hydrogens is 250 g/mol. The van der Waals surface area contributed by atoms with Crippen LogP contribution in [0.4, 0.5) is 0 Å². The molecule has 2 aromatic rings. The summed E-state index contributed by atoms with van der Waals surface area (Å²) in [5.74, 6) is -0.333. The van der Waals surface area contributed by atoms with Crippen LogP contribution in [0.3, 0.4) is 0 Å². The zero-order chi connectivity index (χ0) is 13.9. The molecule has 3 rings (SSSR count). The molecule has 3 heteroatoms. The zero-order valence-electron chi connectivity index (χ0n) is 11.4. The Morgan fingerprint density at radius 2 is 2.10 bits per heavy atom. The molecule has 0 saturated heterocycles. The maximum Gasteiger partial charge on any atom is 0.352 e. The second kappa shape index (κ2) is 5.53. The van der Waals surface area contributed by atoms with E-state index >= 15 is 0 Å². The Morgan fingerprint density at radius 1 is 1.30 bits per heavy atom. The van der Waals surface area contributed by atoms with Gasteiger partial charge in [-0.25, -0.2) is 4.79 Å². The highest BCUT2D eigenvalue weighted by molar-refractivity contribution is 5.86. The van der Waals surface area contributed by atoms with Crippen molar-refractivity contribution in [1.82, 2.24) is 4.98 Å². The van der Waals surface area contributed by atoms with E-state index in [0.717, 1.165) is 37.8 Å². The topological polar surface area (TPSA) is 53.1 Å². The maximum atomic E-state index is 11.0. The predicted molar refractivity (Wildman–Crippen MR) is 78.2 cm³/mol. The van der Waals surface area contributed by atoms with Crippen molar-refractivity contribution in [3.8, 4) is 0 Å². The van der Waals surface area contributed by atoms with Gasteiger partial charge in [-0.1, -0.05) is 30.3 Å². The van der Waals surface area contributed by atoms with Crippen molar-refractivity contribution in [2.75, 3.05) is 0 Å². The van der Waals surface area contributed by atoms with Crippen LogP contribution >= 0.6 is 0 Å². The molecule has 3 nitrogen and oxygen atoms in total. The van der Waals surface area contributed by atoms with Crippen molar-refractivity contribution in [3.05, 3.63) is 58.9 Å². The number of aromatic amines is 1. The van der Waals surface area contributed by atoms with Crippen LogP contribution in [0.25, 0.3) is 0 Å². The highest BCUT2D eigenvalue weighted by Gasteiger charge is 2.25. The van der Waals surface area contributed by atoms with Gasteiger partial charge in [0.25, 0.3) is 0 Å². The number of fused-ring (bicyclic) bond motifs is 1. The lowest BCUT2D eigenvalue weighted by molar-refractivity contribution is 0.0691. The summed E-state index contributed by atoms with van der Waals surface area (Å²) in [5.41, 5.74) is 4.08. The molecule has 0 aliphatic heterocycles. The highest BCUT2D eigenvalue weighted by atomic mass is 16.4. The van der Waals surface area contributed by atoms with Gasteiger partial charge < -0.3 is 10.1 Å². The summed E-state index contributed by atoms with van der Waals surface area (Å²) in [5, 5.41) is 9.02. The van der Waals surface area contributed by atoms with Gasteiger partial charge in [0.2, 0.25) is 0 Å². The molecule has 0 bridgehead atoms. The van der Waals surface area contributed by atoms with E-state index in [1.165, 1.54) is 11.1 Å². The first-order valence-electron chi connectivity index (χ1n) is 7.23. The third kappa shape index (κ3) is 2.62. The molecule has 1 atom stereocenters. The first kappa shape index (κ1) is 13.0. The first-order chi connectivity index (χ1) is 9.74. The molecule has 0 amide bonds. The minimum absolute atomic E-state index is 0.336. The molecule has 1 aliphatic rings. The molecule has 1 aromatic heterocycles. The van der Waals surface area contributed by atoms with E-state index < -0.39 is 5.97 Å². The van der Waals surface area contributed by atoms with Gasteiger partial charge in [-0.15, -0.1) is 0 Å². The van der Waals surface area contributed by atoms with Crippen molar-refractivity contribution in [2.24, 2.45) is 0 Å². The molecule has 0 saturated carbocycles. The van der Waals surface area contributed by atoms with Crippen LogP contribution in [0.2, 0.25) is 0 Å². The normalized spacial score (nSPS) is 17.1. The number of carboxylic acids is 1. The summed E-state index contributed by atoms with van der Waals surface area (Å²) in [4.78, 5) is 14.0. The number of rotatable bonds is 5. The molecule has 1 heterocycles. The fraction of sp³-hybridized carbons (Fsp3) is 0.353. The Kier molecular flexibility index (Phi) is 3.59. The number of hydrogen-bond donors (Lipinski definition) is 2. The van der Waals surface area contributed by atoms with E-state index in [4.69, 9.17) is 5.11 Å². The molecule has 0 radical (unpaired) electrons. The van der Waals surface area contributed by atoms with Crippen LogP contribution in [0, 0.1) is 0 Å². The number of aromatic carboxylic acids is 1. The predicted octanol–water partition coefficient (Wildman–Crippen LogP) is 3.77. The highest BCUT2D eigenvalue weighted by Crippen LogP contribution is 2.36. The van der Waals surface area contributed by atoms with E-state index in [9.17, 15) is 4.79 Å². The molecule has 2 N–H and O–H groups in total. The van der Waals surface area contributed by atoms with Crippen LogP contribution in [-0.2, 0) is 12.8 Å². The van der Waals surface area contributed by atoms with Crippen LogP contribution in [-0.4, -0.2) is 16.1 Å². The number of carbonyl (C=O) groups is 1. The number of nitrogens with one attached hydrogen (secondary N) is 1. The lowest BCUT2D eigenvalue weighted by Gasteiger charge is -2.09.